The highest BCUT2D eigenvalue weighted by molar-refractivity contribution is 5.84. The molecule has 104 valence electrons. The molecule has 4 fully saturated rings. The first-order valence-electron chi connectivity index (χ1n) is 6.78. The van der Waals surface area contributed by atoms with Gasteiger partial charge in [-0.2, -0.15) is 0 Å². The predicted octanol–water partition coefficient (Wildman–Crippen LogP) is 1.37. The van der Waals surface area contributed by atoms with Crippen molar-refractivity contribution in [3.8, 4) is 0 Å². The summed E-state index contributed by atoms with van der Waals surface area (Å²) in [5, 5.41) is 0. The van der Waals surface area contributed by atoms with Crippen LogP contribution in [0.2, 0.25) is 0 Å². The number of fused-ring (bicyclic) bond motifs is 2. The molecule has 0 aromatic rings. The summed E-state index contributed by atoms with van der Waals surface area (Å²) in [5.74, 6) is -0.465. The van der Waals surface area contributed by atoms with Gasteiger partial charge in [0.25, 0.3) is 0 Å². The second-order valence-corrected chi connectivity index (χ2v) is 6.46. The quantitative estimate of drug-likeness (QED) is 0.620. The van der Waals surface area contributed by atoms with Crippen molar-refractivity contribution in [2.75, 3.05) is 0 Å². The van der Waals surface area contributed by atoms with Gasteiger partial charge in [-0.05, 0) is 13.8 Å². The number of hydrogen-bond donors (Lipinski definition) is 0. The van der Waals surface area contributed by atoms with Gasteiger partial charge in [-0.1, -0.05) is 13.5 Å². The lowest BCUT2D eigenvalue weighted by Gasteiger charge is -2.39. The van der Waals surface area contributed by atoms with Crippen LogP contribution in [0.3, 0.4) is 0 Å². The van der Waals surface area contributed by atoms with Gasteiger partial charge in [0.15, 0.2) is 5.79 Å². The van der Waals surface area contributed by atoms with E-state index in [1.54, 1.807) is 0 Å². The minimum Gasteiger partial charge on any atom is -0.428 e. The number of hydrogen-bond acceptors (Lipinski definition) is 5. The van der Waals surface area contributed by atoms with Gasteiger partial charge < -0.3 is 18.9 Å². The summed E-state index contributed by atoms with van der Waals surface area (Å²) >= 11 is 0. The Kier molecular flexibility index (Phi) is 2.01. The van der Waals surface area contributed by atoms with E-state index in [0.29, 0.717) is 5.76 Å². The molecule has 3 heterocycles. The first-order valence-corrected chi connectivity index (χ1v) is 6.78. The first-order chi connectivity index (χ1) is 8.86. The van der Waals surface area contributed by atoms with Crippen molar-refractivity contribution in [2.24, 2.45) is 11.3 Å². The summed E-state index contributed by atoms with van der Waals surface area (Å²) in [6.45, 7) is 9.62. The number of rotatable bonds is 0. The Morgan fingerprint density at radius 1 is 1.26 bits per heavy atom. The number of carbonyl (C=O) groups is 1. The van der Waals surface area contributed by atoms with Crippen molar-refractivity contribution in [2.45, 2.75) is 57.4 Å². The largest absolute Gasteiger partial charge is 0.428 e. The zero-order valence-corrected chi connectivity index (χ0v) is 11.3. The van der Waals surface area contributed by atoms with Crippen LogP contribution in [-0.4, -0.2) is 36.2 Å². The number of esters is 1. The molecule has 2 bridgehead atoms. The normalized spacial score (nSPS) is 53.9. The van der Waals surface area contributed by atoms with Crippen LogP contribution in [0.5, 0.6) is 0 Å². The fourth-order valence-electron chi connectivity index (χ4n) is 4.27. The molecule has 0 aromatic heterocycles. The SMILES string of the molecule is C=C1OC(=O)C23C1OC(CC1OC(C)(C)OC12)C3C. The molecule has 6 atom stereocenters. The highest BCUT2D eigenvalue weighted by Crippen LogP contribution is 2.62. The van der Waals surface area contributed by atoms with Gasteiger partial charge in [0, 0.05) is 12.3 Å². The van der Waals surface area contributed by atoms with E-state index in [1.807, 2.05) is 20.8 Å². The van der Waals surface area contributed by atoms with Crippen LogP contribution in [0, 0.1) is 11.3 Å². The molecule has 0 amide bonds. The van der Waals surface area contributed by atoms with E-state index in [9.17, 15) is 4.79 Å². The monoisotopic (exact) mass is 266 g/mol. The lowest BCUT2D eigenvalue weighted by Crippen LogP contribution is -2.56. The van der Waals surface area contributed by atoms with Crippen molar-refractivity contribution in [1.29, 1.82) is 0 Å². The van der Waals surface area contributed by atoms with Crippen molar-refractivity contribution >= 4 is 5.97 Å². The molecule has 4 rings (SSSR count). The predicted molar refractivity (Wildman–Crippen MR) is 63.9 cm³/mol. The van der Waals surface area contributed by atoms with E-state index in [-0.39, 0.29) is 30.2 Å². The molecule has 0 radical (unpaired) electrons. The van der Waals surface area contributed by atoms with Crippen LogP contribution in [0.4, 0.5) is 0 Å². The summed E-state index contributed by atoms with van der Waals surface area (Å²) in [6.07, 6.45) is -0.0536. The summed E-state index contributed by atoms with van der Waals surface area (Å²) < 4.78 is 23.2. The van der Waals surface area contributed by atoms with E-state index in [4.69, 9.17) is 18.9 Å². The second kappa shape index (κ2) is 3.22. The molecular formula is C14H18O5. The minimum absolute atomic E-state index is 0.00773. The summed E-state index contributed by atoms with van der Waals surface area (Å²) in [4.78, 5) is 12.5. The van der Waals surface area contributed by atoms with Crippen molar-refractivity contribution in [1.82, 2.24) is 0 Å². The maximum absolute atomic E-state index is 12.5. The fraction of sp³-hybridized carbons (Fsp3) is 0.786. The van der Waals surface area contributed by atoms with Gasteiger partial charge in [0.05, 0.1) is 12.2 Å². The highest BCUT2D eigenvalue weighted by atomic mass is 16.8. The molecule has 5 heteroatoms. The molecule has 1 aliphatic carbocycles. The van der Waals surface area contributed by atoms with Gasteiger partial charge in [0.2, 0.25) is 0 Å². The highest BCUT2D eigenvalue weighted by Gasteiger charge is 2.75. The van der Waals surface area contributed by atoms with Gasteiger partial charge in [-0.3, -0.25) is 4.79 Å². The topological polar surface area (TPSA) is 54.0 Å². The van der Waals surface area contributed by atoms with Crippen LogP contribution < -0.4 is 0 Å². The lowest BCUT2D eigenvalue weighted by molar-refractivity contribution is -0.172. The average molecular weight is 266 g/mol. The molecule has 1 saturated carbocycles. The Labute approximate surface area is 111 Å². The molecule has 4 aliphatic rings. The Morgan fingerprint density at radius 2 is 2.00 bits per heavy atom. The molecule has 0 N–H and O–H groups in total. The Balaban J connectivity index is 1.86. The second-order valence-electron chi connectivity index (χ2n) is 6.46. The lowest BCUT2D eigenvalue weighted by atomic mass is 9.63. The molecule has 6 unspecified atom stereocenters. The maximum atomic E-state index is 12.5. The van der Waals surface area contributed by atoms with E-state index in [2.05, 4.69) is 6.58 Å². The van der Waals surface area contributed by atoms with Crippen molar-refractivity contribution in [3.05, 3.63) is 12.3 Å². The number of cyclic esters (lactones) is 1. The zero-order valence-electron chi connectivity index (χ0n) is 11.3. The molecule has 1 spiro atoms. The smallest absolute Gasteiger partial charge is 0.323 e. The molecule has 3 aliphatic heterocycles. The van der Waals surface area contributed by atoms with Gasteiger partial charge >= 0.3 is 5.97 Å². The Bertz CT molecular complexity index is 484. The number of ether oxygens (including phenoxy) is 4. The molecule has 0 aromatic carbocycles. The summed E-state index contributed by atoms with van der Waals surface area (Å²) in [6, 6.07) is 0. The van der Waals surface area contributed by atoms with E-state index in [1.165, 1.54) is 0 Å². The minimum atomic E-state index is -0.779. The van der Waals surface area contributed by atoms with Gasteiger partial charge in [0.1, 0.15) is 23.4 Å². The van der Waals surface area contributed by atoms with Crippen LogP contribution in [0.15, 0.2) is 12.3 Å². The third-order valence-electron chi connectivity index (χ3n) is 5.04. The first kappa shape index (κ1) is 11.9. The average Bonchev–Trinajstić information content (AvgIpc) is 2.80. The van der Waals surface area contributed by atoms with Crippen molar-refractivity contribution < 1.29 is 23.7 Å². The molecule has 5 nitrogen and oxygen atoms in total. The van der Waals surface area contributed by atoms with Crippen LogP contribution >= 0.6 is 0 Å². The van der Waals surface area contributed by atoms with E-state index < -0.39 is 17.3 Å². The van der Waals surface area contributed by atoms with Gasteiger partial charge in [-0.25, -0.2) is 0 Å². The third-order valence-corrected chi connectivity index (χ3v) is 5.04. The van der Waals surface area contributed by atoms with Crippen LogP contribution in [0.1, 0.15) is 27.2 Å². The summed E-state index contributed by atoms with van der Waals surface area (Å²) in [5.41, 5.74) is -0.779. The van der Waals surface area contributed by atoms with Crippen molar-refractivity contribution in [3.63, 3.8) is 0 Å². The molecular weight excluding hydrogens is 248 g/mol. The van der Waals surface area contributed by atoms with E-state index >= 15 is 0 Å². The zero-order chi connectivity index (χ0) is 13.6. The molecule has 19 heavy (non-hydrogen) atoms. The Morgan fingerprint density at radius 3 is 2.74 bits per heavy atom. The standard InChI is InChI=1S/C14H18O5/c1-6-8-5-9-11(19-13(3,4)18-9)14(6)10(17-8)7(2)16-12(14)15/h6,8-11H,2,5H2,1,3-4H3. The van der Waals surface area contributed by atoms with E-state index in [0.717, 1.165) is 6.42 Å². The third kappa shape index (κ3) is 1.19. The maximum Gasteiger partial charge on any atom is 0.323 e. The number of carbonyl (C=O) groups excluding carboxylic acids is 1. The molecule has 3 saturated heterocycles. The van der Waals surface area contributed by atoms with Crippen LogP contribution in [0.25, 0.3) is 0 Å². The summed E-state index contributed by atoms with van der Waals surface area (Å²) in [7, 11) is 0. The van der Waals surface area contributed by atoms with Gasteiger partial charge in [-0.15, -0.1) is 0 Å². The Hall–Kier alpha value is -0.910. The fourth-order valence-corrected chi connectivity index (χ4v) is 4.27. The van der Waals surface area contributed by atoms with Crippen LogP contribution in [-0.2, 0) is 23.7 Å².